The molecule has 0 spiro atoms. The summed E-state index contributed by atoms with van der Waals surface area (Å²) in [5.41, 5.74) is 0.947. The first-order valence-corrected chi connectivity index (χ1v) is 9.36. The highest BCUT2D eigenvalue weighted by molar-refractivity contribution is 5.91. The van der Waals surface area contributed by atoms with Crippen LogP contribution in [0.3, 0.4) is 0 Å². The molecule has 0 aliphatic heterocycles. The number of aliphatic hydroxyl groups is 1. The van der Waals surface area contributed by atoms with E-state index in [1.165, 1.54) is 6.07 Å². The van der Waals surface area contributed by atoms with E-state index in [0.717, 1.165) is 12.0 Å². The van der Waals surface area contributed by atoms with Crippen molar-refractivity contribution in [2.24, 2.45) is 5.92 Å². The molecule has 4 heteroatoms. The average molecular weight is 353 g/mol. The highest BCUT2D eigenvalue weighted by atomic mass is 19.1. The van der Waals surface area contributed by atoms with Crippen LogP contribution in [-0.4, -0.2) is 23.2 Å². The lowest BCUT2D eigenvalue weighted by Gasteiger charge is -2.39. The first kappa shape index (κ1) is 17.2. The lowest BCUT2D eigenvalue weighted by atomic mass is 9.75. The van der Waals surface area contributed by atoms with Crippen molar-refractivity contribution < 1.29 is 14.3 Å². The summed E-state index contributed by atoms with van der Waals surface area (Å²) in [5.74, 6) is -0.116. The van der Waals surface area contributed by atoms with Crippen LogP contribution in [0.5, 0.6) is 0 Å². The highest BCUT2D eigenvalue weighted by Crippen LogP contribution is 2.49. The van der Waals surface area contributed by atoms with E-state index in [-0.39, 0.29) is 29.8 Å². The van der Waals surface area contributed by atoms with Crippen LogP contribution in [0, 0.1) is 11.7 Å². The summed E-state index contributed by atoms with van der Waals surface area (Å²) in [6.07, 6.45) is 3.26. The van der Waals surface area contributed by atoms with E-state index < -0.39 is 5.41 Å². The minimum Gasteiger partial charge on any atom is -0.393 e. The third-order valence-corrected chi connectivity index (χ3v) is 5.91. The molecule has 0 radical (unpaired) electrons. The third-order valence-electron chi connectivity index (χ3n) is 5.91. The fraction of sp³-hybridized carbons (Fsp3) is 0.409. The molecule has 0 heterocycles. The molecule has 0 unspecified atom stereocenters. The van der Waals surface area contributed by atoms with Gasteiger partial charge in [-0.05, 0) is 49.7 Å². The molecular formula is C22H24FNO2. The Balaban J connectivity index is 1.52. The van der Waals surface area contributed by atoms with Gasteiger partial charge in [0.15, 0.2) is 0 Å². The molecule has 2 aliphatic rings. The van der Waals surface area contributed by atoms with Crippen molar-refractivity contribution in [3.05, 3.63) is 71.5 Å². The van der Waals surface area contributed by atoms with Crippen LogP contribution < -0.4 is 5.32 Å². The van der Waals surface area contributed by atoms with E-state index in [0.29, 0.717) is 31.2 Å². The normalized spacial score (nSPS) is 24.4. The molecule has 4 rings (SSSR count). The van der Waals surface area contributed by atoms with Gasteiger partial charge in [0.2, 0.25) is 5.91 Å². The molecule has 3 nitrogen and oxygen atoms in total. The molecule has 0 saturated heterocycles. The molecule has 0 aromatic heterocycles. The predicted molar refractivity (Wildman–Crippen MR) is 98.1 cm³/mol. The molecule has 0 bridgehead atoms. The van der Waals surface area contributed by atoms with Crippen LogP contribution in [0.1, 0.15) is 36.8 Å². The van der Waals surface area contributed by atoms with Crippen LogP contribution in [0.15, 0.2) is 54.6 Å². The van der Waals surface area contributed by atoms with Crippen LogP contribution in [0.2, 0.25) is 0 Å². The van der Waals surface area contributed by atoms with Crippen LogP contribution >= 0.6 is 0 Å². The van der Waals surface area contributed by atoms with Gasteiger partial charge in [0.05, 0.1) is 11.5 Å². The number of hydrogen-bond donors (Lipinski definition) is 2. The molecule has 136 valence electrons. The van der Waals surface area contributed by atoms with E-state index >= 15 is 0 Å². The Morgan fingerprint density at radius 3 is 2.38 bits per heavy atom. The van der Waals surface area contributed by atoms with E-state index in [4.69, 9.17) is 0 Å². The third kappa shape index (κ3) is 3.26. The minimum absolute atomic E-state index is 0.0300. The Bertz CT molecular complexity index is 782. The Kier molecular flexibility index (Phi) is 4.53. The first-order chi connectivity index (χ1) is 12.6. The maximum atomic E-state index is 14.2. The fourth-order valence-electron chi connectivity index (χ4n) is 4.06. The number of carbonyl (C=O) groups is 1. The Morgan fingerprint density at radius 1 is 1.12 bits per heavy atom. The van der Waals surface area contributed by atoms with Gasteiger partial charge < -0.3 is 10.4 Å². The van der Waals surface area contributed by atoms with Gasteiger partial charge in [0, 0.05) is 11.6 Å². The van der Waals surface area contributed by atoms with Crippen LogP contribution in [-0.2, 0) is 16.6 Å². The van der Waals surface area contributed by atoms with Crippen molar-refractivity contribution in [3.63, 3.8) is 0 Å². The second kappa shape index (κ2) is 6.84. The van der Waals surface area contributed by atoms with Crippen molar-refractivity contribution in [1.29, 1.82) is 0 Å². The van der Waals surface area contributed by atoms with Gasteiger partial charge in [-0.3, -0.25) is 4.79 Å². The monoisotopic (exact) mass is 353 g/mol. The largest absolute Gasteiger partial charge is 0.393 e. The summed E-state index contributed by atoms with van der Waals surface area (Å²) in [6.45, 7) is 0. The maximum absolute atomic E-state index is 14.2. The van der Waals surface area contributed by atoms with Crippen LogP contribution in [0.4, 0.5) is 4.39 Å². The number of amides is 1. The fourth-order valence-corrected chi connectivity index (χ4v) is 4.06. The van der Waals surface area contributed by atoms with Gasteiger partial charge in [-0.2, -0.15) is 0 Å². The van der Waals surface area contributed by atoms with E-state index in [1.54, 1.807) is 18.2 Å². The number of halogens is 1. The molecular weight excluding hydrogens is 329 g/mol. The number of aliphatic hydroxyl groups excluding tert-OH is 1. The smallest absolute Gasteiger partial charge is 0.231 e. The van der Waals surface area contributed by atoms with Gasteiger partial charge in [0.1, 0.15) is 5.82 Å². The summed E-state index contributed by atoms with van der Waals surface area (Å²) in [7, 11) is 0. The number of hydrogen-bond acceptors (Lipinski definition) is 2. The number of carbonyl (C=O) groups excluding carboxylic acids is 1. The number of benzene rings is 2. The minimum atomic E-state index is -0.720. The van der Waals surface area contributed by atoms with Crippen molar-refractivity contribution in [3.8, 4) is 0 Å². The van der Waals surface area contributed by atoms with Gasteiger partial charge in [-0.15, -0.1) is 0 Å². The lowest BCUT2D eigenvalue weighted by molar-refractivity contribution is -0.125. The molecule has 2 saturated carbocycles. The molecule has 26 heavy (non-hydrogen) atoms. The zero-order valence-electron chi connectivity index (χ0n) is 14.7. The van der Waals surface area contributed by atoms with E-state index in [9.17, 15) is 14.3 Å². The maximum Gasteiger partial charge on any atom is 0.231 e. The molecule has 1 atom stereocenters. The molecule has 2 N–H and O–H groups in total. The Morgan fingerprint density at radius 2 is 1.77 bits per heavy atom. The number of nitrogens with one attached hydrogen (secondary N) is 1. The van der Waals surface area contributed by atoms with Gasteiger partial charge >= 0.3 is 0 Å². The molecule has 2 aliphatic carbocycles. The quantitative estimate of drug-likeness (QED) is 0.837. The van der Waals surface area contributed by atoms with E-state index in [2.05, 4.69) is 17.4 Å². The van der Waals surface area contributed by atoms with Crippen molar-refractivity contribution >= 4 is 5.91 Å². The van der Waals surface area contributed by atoms with Gasteiger partial charge in [-0.25, -0.2) is 4.39 Å². The number of rotatable bonds is 6. The predicted octanol–water partition coefficient (Wildman–Crippen LogP) is 3.36. The lowest BCUT2D eigenvalue weighted by Crippen LogP contribution is -2.51. The zero-order chi connectivity index (χ0) is 18.1. The summed E-state index contributed by atoms with van der Waals surface area (Å²) in [5, 5.41) is 12.9. The second-order valence-corrected chi connectivity index (χ2v) is 7.72. The standard InChI is InChI=1S/C22H24FNO2/c23-19-9-5-4-8-18(19)22(10-11-22)21(26)24-20(16-13-17(25)14-16)12-15-6-2-1-3-7-15/h1-9,16-17,20,25H,10-14H2,(H,24,26)/t16?,17?,20-/m1/s1. The topological polar surface area (TPSA) is 49.3 Å². The molecule has 2 aromatic carbocycles. The summed E-state index contributed by atoms with van der Waals surface area (Å²) in [4.78, 5) is 13.1. The Labute approximate surface area is 153 Å². The second-order valence-electron chi connectivity index (χ2n) is 7.72. The molecule has 2 fully saturated rings. The molecule has 1 amide bonds. The van der Waals surface area contributed by atoms with Crippen LogP contribution in [0.25, 0.3) is 0 Å². The van der Waals surface area contributed by atoms with E-state index in [1.807, 2.05) is 18.2 Å². The van der Waals surface area contributed by atoms with Crippen molar-refractivity contribution in [1.82, 2.24) is 5.32 Å². The van der Waals surface area contributed by atoms with Gasteiger partial charge in [-0.1, -0.05) is 48.5 Å². The van der Waals surface area contributed by atoms with Gasteiger partial charge in [0.25, 0.3) is 0 Å². The average Bonchev–Trinajstić information content (AvgIpc) is 3.41. The van der Waals surface area contributed by atoms with Crippen molar-refractivity contribution in [2.75, 3.05) is 0 Å². The molecule has 2 aromatic rings. The van der Waals surface area contributed by atoms with Crippen molar-refractivity contribution in [2.45, 2.75) is 49.7 Å². The zero-order valence-corrected chi connectivity index (χ0v) is 14.7. The highest BCUT2D eigenvalue weighted by Gasteiger charge is 2.53. The summed E-state index contributed by atoms with van der Waals surface area (Å²) in [6, 6.07) is 16.6. The summed E-state index contributed by atoms with van der Waals surface area (Å²) >= 11 is 0. The first-order valence-electron chi connectivity index (χ1n) is 9.36. The Hall–Kier alpha value is -2.20. The SMILES string of the molecule is O=C(N[C@H](Cc1ccccc1)C1CC(O)C1)C1(c2ccccc2F)CC1. The summed E-state index contributed by atoms with van der Waals surface area (Å²) < 4.78 is 14.2.